The summed E-state index contributed by atoms with van der Waals surface area (Å²) in [6.45, 7) is 3.08. The zero-order valence-corrected chi connectivity index (χ0v) is 20.8. The second-order valence-corrected chi connectivity index (χ2v) is 9.24. The number of rotatable bonds is 7. The Morgan fingerprint density at radius 1 is 1.14 bits per heavy atom. The average Bonchev–Trinajstić information content (AvgIpc) is 2.91. The Bertz CT molecular complexity index is 1320. The van der Waals surface area contributed by atoms with Gasteiger partial charge in [0.1, 0.15) is 12.4 Å². The smallest absolute Gasteiger partial charge is 0.262 e. The number of amides is 1. The first-order valence-corrected chi connectivity index (χ1v) is 12.4. The number of hydrogen-bond acceptors (Lipinski definition) is 7. The van der Waals surface area contributed by atoms with Crippen molar-refractivity contribution in [3.8, 4) is 11.5 Å². The summed E-state index contributed by atoms with van der Waals surface area (Å²) < 4.78 is 17.8. The SMILES string of the molecule is COc1cc2nc(CN3CCOCC3)n(CC(=O)N[C@H]3CCCc4ccccc43)c(=O)c2cc1OC. The van der Waals surface area contributed by atoms with Crippen molar-refractivity contribution < 1.29 is 19.0 Å². The van der Waals surface area contributed by atoms with Crippen molar-refractivity contribution in [2.24, 2.45) is 0 Å². The van der Waals surface area contributed by atoms with Gasteiger partial charge in [-0.1, -0.05) is 24.3 Å². The van der Waals surface area contributed by atoms with Crippen molar-refractivity contribution in [3.05, 3.63) is 63.7 Å². The number of fused-ring (bicyclic) bond motifs is 2. The van der Waals surface area contributed by atoms with Gasteiger partial charge in [0.15, 0.2) is 11.5 Å². The van der Waals surface area contributed by atoms with Crippen molar-refractivity contribution in [2.75, 3.05) is 40.5 Å². The first-order valence-electron chi connectivity index (χ1n) is 12.4. The lowest BCUT2D eigenvalue weighted by Gasteiger charge is -2.28. The van der Waals surface area contributed by atoms with Gasteiger partial charge in [-0.25, -0.2) is 4.98 Å². The first kappa shape index (κ1) is 24.3. The molecule has 190 valence electrons. The molecule has 9 heteroatoms. The van der Waals surface area contributed by atoms with Crippen LogP contribution in [0.3, 0.4) is 0 Å². The number of aryl methyl sites for hydroxylation is 1. The molecule has 0 unspecified atom stereocenters. The third-order valence-electron chi connectivity index (χ3n) is 7.01. The highest BCUT2D eigenvalue weighted by Crippen LogP contribution is 2.31. The van der Waals surface area contributed by atoms with Crippen LogP contribution in [0.25, 0.3) is 10.9 Å². The number of carbonyl (C=O) groups excluding carboxylic acids is 1. The molecule has 0 radical (unpaired) electrons. The molecule has 36 heavy (non-hydrogen) atoms. The van der Waals surface area contributed by atoms with E-state index in [4.69, 9.17) is 19.2 Å². The molecule has 9 nitrogen and oxygen atoms in total. The van der Waals surface area contributed by atoms with Crippen LogP contribution >= 0.6 is 0 Å². The number of benzene rings is 2. The standard InChI is InChI=1S/C27H32N4O5/c1-34-23-14-20-22(15-24(23)35-2)28-25(16-30-10-12-36-13-11-30)31(27(20)33)17-26(32)29-21-9-5-7-18-6-3-4-8-19(18)21/h3-4,6,8,14-15,21H,5,7,9-13,16-17H2,1-2H3,(H,29,32)/t21-/m0/s1. The molecule has 1 aliphatic carbocycles. The lowest BCUT2D eigenvalue weighted by Crippen LogP contribution is -2.40. The van der Waals surface area contributed by atoms with Gasteiger partial charge in [-0.2, -0.15) is 0 Å². The second-order valence-electron chi connectivity index (χ2n) is 9.24. The fourth-order valence-corrected chi connectivity index (χ4v) is 5.12. The Morgan fingerprint density at radius 3 is 2.67 bits per heavy atom. The maximum atomic E-state index is 13.7. The molecule has 1 saturated heterocycles. The fraction of sp³-hybridized carbons (Fsp3) is 0.444. The highest BCUT2D eigenvalue weighted by atomic mass is 16.5. The molecule has 3 aromatic rings. The van der Waals surface area contributed by atoms with E-state index in [0.29, 0.717) is 48.0 Å². The van der Waals surface area contributed by atoms with Gasteiger partial charge < -0.3 is 19.5 Å². The fourth-order valence-electron chi connectivity index (χ4n) is 5.12. The van der Waals surface area contributed by atoms with Gasteiger partial charge in [0.05, 0.1) is 50.9 Å². The minimum Gasteiger partial charge on any atom is -0.493 e. The van der Waals surface area contributed by atoms with E-state index < -0.39 is 0 Å². The molecular weight excluding hydrogens is 460 g/mol. The zero-order chi connectivity index (χ0) is 25.1. The molecule has 1 atom stereocenters. The van der Waals surface area contributed by atoms with Gasteiger partial charge in [-0.15, -0.1) is 0 Å². The minimum atomic E-state index is -0.275. The summed E-state index contributed by atoms with van der Waals surface area (Å²) in [7, 11) is 3.07. The van der Waals surface area contributed by atoms with Crippen LogP contribution in [0.1, 0.15) is 35.8 Å². The summed E-state index contributed by atoms with van der Waals surface area (Å²) in [5.74, 6) is 1.28. The van der Waals surface area contributed by atoms with E-state index in [1.807, 2.05) is 12.1 Å². The molecule has 0 bridgehead atoms. The van der Waals surface area contributed by atoms with E-state index >= 15 is 0 Å². The van der Waals surface area contributed by atoms with E-state index in [1.165, 1.54) is 17.2 Å². The van der Waals surface area contributed by atoms with Crippen LogP contribution in [0, 0.1) is 0 Å². The number of hydrogen-bond donors (Lipinski definition) is 1. The van der Waals surface area contributed by atoms with E-state index in [-0.39, 0.29) is 24.1 Å². The van der Waals surface area contributed by atoms with Crippen LogP contribution in [-0.2, 0) is 29.0 Å². The molecule has 2 aliphatic rings. The van der Waals surface area contributed by atoms with Gasteiger partial charge in [0.25, 0.3) is 5.56 Å². The van der Waals surface area contributed by atoms with Gasteiger partial charge in [-0.3, -0.25) is 19.1 Å². The van der Waals surface area contributed by atoms with Gasteiger partial charge in [0.2, 0.25) is 5.91 Å². The third-order valence-corrected chi connectivity index (χ3v) is 7.01. The summed E-state index contributed by atoms with van der Waals surface area (Å²) in [5, 5.41) is 3.55. The Kier molecular flexibility index (Phi) is 7.20. The number of nitrogens with one attached hydrogen (secondary N) is 1. The van der Waals surface area contributed by atoms with Crippen molar-refractivity contribution in [1.29, 1.82) is 0 Å². The number of aromatic nitrogens is 2. The van der Waals surface area contributed by atoms with E-state index in [0.717, 1.165) is 37.9 Å². The van der Waals surface area contributed by atoms with E-state index in [1.54, 1.807) is 19.2 Å². The average molecular weight is 493 g/mol. The molecule has 0 spiro atoms. The Balaban J connectivity index is 1.49. The topological polar surface area (TPSA) is 94.9 Å². The number of nitrogens with zero attached hydrogens (tertiary/aromatic N) is 3. The van der Waals surface area contributed by atoms with E-state index in [2.05, 4.69) is 22.3 Å². The summed E-state index contributed by atoms with van der Waals surface area (Å²) in [6.07, 6.45) is 2.92. The highest BCUT2D eigenvalue weighted by molar-refractivity contribution is 5.83. The highest BCUT2D eigenvalue weighted by Gasteiger charge is 2.24. The molecule has 2 aromatic carbocycles. The Labute approximate surface area is 210 Å². The quantitative estimate of drug-likeness (QED) is 0.541. The van der Waals surface area contributed by atoms with Crippen LogP contribution < -0.4 is 20.3 Å². The molecule has 1 aromatic heterocycles. The van der Waals surface area contributed by atoms with Crippen LogP contribution in [0.15, 0.2) is 41.2 Å². The molecule has 0 saturated carbocycles. The third kappa shape index (κ3) is 4.94. The van der Waals surface area contributed by atoms with Crippen molar-refractivity contribution in [1.82, 2.24) is 19.8 Å². The lowest BCUT2D eigenvalue weighted by atomic mass is 9.88. The summed E-state index contributed by atoms with van der Waals surface area (Å²) in [4.78, 5) is 34.0. The normalized spacial score (nSPS) is 18.0. The lowest BCUT2D eigenvalue weighted by molar-refractivity contribution is -0.122. The maximum absolute atomic E-state index is 13.7. The molecular formula is C27H32N4O5. The van der Waals surface area contributed by atoms with Gasteiger partial charge in [-0.05, 0) is 36.5 Å². The van der Waals surface area contributed by atoms with Crippen LogP contribution in [0.2, 0.25) is 0 Å². The Hall–Kier alpha value is -3.43. The summed E-state index contributed by atoms with van der Waals surface area (Å²) in [5.41, 5.74) is 2.67. The summed E-state index contributed by atoms with van der Waals surface area (Å²) >= 11 is 0. The number of carbonyl (C=O) groups is 1. The van der Waals surface area contributed by atoms with Crippen molar-refractivity contribution in [2.45, 2.75) is 38.4 Å². The van der Waals surface area contributed by atoms with E-state index in [9.17, 15) is 9.59 Å². The molecule has 5 rings (SSSR count). The largest absolute Gasteiger partial charge is 0.493 e. The van der Waals surface area contributed by atoms with Gasteiger partial charge in [0, 0.05) is 19.2 Å². The molecule has 1 fully saturated rings. The number of methoxy groups -OCH3 is 2. The number of ether oxygens (including phenoxy) is 3. The molecule has 1 aliphatic heterocycles. The van der Waals surface area contributed by atoms with Crippen LogP contribution in [-0.4, -0.2) is 60.9 Å². The molecule has 1 N–H and O–H groups in total. The van der Waals surface area contributed by atoms with Gasteiger partial charge >= 0.3 is 0 Å². The first-order chi connectivity index (χ1) is 17.6. The molecule has 1 amide bonds. The predicted octanol–water partition coefficient (Wildman–Crippen LogP) is 2.44. The maximum Gasteiger partial charge on any atom is 0.262 e. The molecule has 2 heterocycles. The van der Waals surface area contributed by atoms with Crippen LogP contribution in [0.4, 0.5) is 0 Å². The Morgan fingerprint density at radius 2 is 1.89 bits per heavy atom. The monoisotopic (exact) mass is 492 g/mol. The zero-order valence-electron chi connectivity index (χ0n) is 20.8. The summed E-state index contributed by atoms with van der Waals surface area (Å²) in [6, 6.07) is 11.5. The van der Waals surface area contributed by atoms with Crippen LogP contribution in [0.5, 0.6) is 11.5 Å². The number of morpholine rings is 1. The minimum absolute atomic E-state index is 0.0568. The van der Waals surface area contributed by atoms with Crippen molar-refractivity contribution in [3.63, 3.8) is 0 Å². The van der Waals surface area contributed by atoms with Crippen molar-refractivity contribution >= 4 is 16.8 Å². The predicted molar refractivity (Wildman–Crippen MR) is 135 cm³/mol. The second kappa shape index (κ2) is 10.7.